The molecule has 0 radical (unpaired) electrons. The van der Waals surface area contributed by atoms with Crippen molar-refractivity contribution in [2.24, 2.45) is 5.73 Å². The van der Waals surface area contributed by atoms with Crippen molar-refractivity contribution >= 4 is 22.8 Å². The van der Waals surface area contributed by atoms with Gasteiger partial charge < -0.3 is 20.2 Å². The van der Waals surface area contributed by atoms with Gasteiger partial charge in [-0.2, -0.15) is 0 Å². The van der Waals surface area contributed by atoms with Crippen LogP contribution in [0.5, 0.6) is 0 Å². The molecule has 0 bridgehead atoms. The standard InChI is InChI=1S/C26H30N2O4/c1-3-4-12-31-15-22(25(27)29)28-26(30)24-16(2)32-23-11-10-18(13-21(23)24)20-14-19(20)17-8-6-5-7-9-17/h5-11,13,19-20,22H,3-4,12,14-15H2,1-2H3,(H2,27,29)(H,28,30)/t19-,20-,22?/m0/s1. The second-order valence-corrected chi connectivity index (χ2v) is 8.51. The van der Waals surface area contributed by atoms with E-state index in [2.05, 4.69) is 42.6 Å². The summed E-state index contributed by atoms with van der Waals surface area (Å²) in [4.78, 5) is 24.9. The summed E-state index contributed by atoms with van der Waals surface area (Å²) < 4.78 is 11.3. The third-order valence-electron chi connectivity index (χ3n) is 6.14. The van der Waals surface area contributed by atoms with Gasteiger partial charge in [0, 0.05) is 12.0 Å². The van der Waals surface area contributed by atoms with E-state index in [1.807, 2.05) is 18.2 Å². The Morgan fingerprint density at radius 3 is 2.62 bits per heavy atom. The van der Waals surface area contributed by atoms with Crippen LogP contribution >= 0.6 is 0 Å². The van der Waals surface area contributed by atoms with E-state index in [0.29, 0.717) is 35.3 Å². The van der Waals surface area contributed by atoms with Gasteiger partial charge in [-0.1, -0.05) is 49.7 Å². The van der Waals surface area contributed by atoms with Gasteiger partial charge >= 0.3 is 0 Å². The second-order valence-electron chi connectivity index (χ2n) is 8.51. The lowest BCUT2D eigenvalue weighted by molar-refractivity contribution is -0.121. The number of amides is 2. The van der Waals surface area contributed by atoms with Crippen LogP contribution in [0, 0.1) is 6.92 Å². The topological polar surface area (TPSA) is 94.6 Å². The van der Waals surface area contributed by atoms with Crippen molar-refractivity contribution in [1.29, 1.82) is 0 Å². The maximum absolute atomic E-state index is 13.1. The summed E-state index contributed by atoms with van der Waals surface area (Å²) in [7, 11) is 0. The molecule has 1 fully saturated rings. The Hall–Kier alpha value is -3.12. The minimum Gasteiger partial charge on any atom is -0.461 e. The summed E-state index contributed by atoms with van der Waals surface area (Å²) in [6.07, 6.45) is 2.97. The number of hydrogen-bond donors (Lipinski definition) is 2. The molecule has 1 aliphatic rings. The summed E-state index contributed by atoms with van der Waals surface area (Å²) in [5.74, 6) is 0.443. The number of aryl methyl sites for hydroxylation is 1. The average molecular weight is 435 g/mol. The van der Waals surface area contributed by atoms with Crippen molar-refractivity contribution in [3.05, 3.63) is 71.0 Å². The van der Waals surface area contributed by atoms with Crippen molar-refractivity contribution in [2.45, 2.75) is 51.0 Å². The van der Waals surface area contributed by atoms with Gasteiger partial charge in [-0.3, -0.25) is 9.59 Å². The van der Waals surface area contributed by atoms with Crippen LogP contribution in [0.25, 0.3) is 11.0 Å². The van der Waals surface area contributed by atoms with Gasteiger partial charge in [0.05, 0.1) is 12.2 Å². The molecule has 0 spiro atoms. The molecule has 1 aliphatic carbocycles. The molecule has 0 saturated heterocycles. The van der Waals surface area contributed by atoms with Crippen LogP contribution in [-0.2, 0) is 9.53 Å². The molecule has 0 aliphatic heterocycles. The third-order valence-corrected chi connectivity index (χ3v) is 6.14. The van der Waals surface area contributed by atoms with Crippen LogP contribution in [0.3, 0.4) is 0 Å². The zero-order chi connectivity index (χ0) is 22.7. The van der Waals surface area contributed by atoms with Crippen molar-refractivity contribution in [1.82, 2.24) is 5.32 Å². The van der Waals surface area contributed by atoms with Gasteiger partial charge in [-0.25, -0.2) is 0 Å². The SMILES string of the molecule is CCCCOCC(NC(=O)c1c(C)oc2ccc([C@@H]3C[C@H]3c3ccccc3)cc12)C(N)=O. The Kier molecular flexibility index (Phi) is 6.61. The van der Waals surface area contributed by atoms with Crippen LogP contribution in [0.1, 0.15) is 65.3 Å². The van der Waals surface area contributed by atoms with Gasteiger partial charge in [0.2, 0.25) is 5.91 Å². The first kappa shape index (κ1) is 22.1. The maximum Gasteiger partial charge on any atom is 0.256 e. The predicted octanol–water partition coefficient (Wildman–Crippen LogP) is 4.41. The summed E-state index contributed by atoms with van der Waals surface area (Å²) in [5, 5.41) is 3.49. The number of nitrogens with two attached hydrogens (primary N) is 1. The number of rotatable bonds is 10. The fourth-order valence-electron chi connectivity index (χ4n) is 4.26. The molecule has 6 nitrogen and oxygen atoms in total. The highest BCUT2D eigenvalue weighted by Gasteiger charge is 2.39. The minimum atomic E-state index is -0.891. The lowest BCUT2D eigenvalue weighted by atomic mass is 10.0. The smallest absolute Gasteiger partial charge is 0.256 e. The maximum atomic E-state index is 13.1. The molecule has 168 valence electrons. The number of furan rings is 1. The molecule has 1 heterocycles. The van der Waals surface area contributed by atoms with E-state index in [1.54, 1.807) is 6.92 Å². The summed E-state index contributed by atoms with van der Waals surface area (Å²) in [6.45, 7) is 4.40. The molecule has 1 aromatic heterocycles. The molecule has 3 atom stereocenters. The Bertz CT molecular complexity index is 1110. The molecule has 3 N–H and O–H groups in total. The quantitative estimate of drug-likeness (QED) is 0.462. The zero-order valence-corrected chi connectivity index (χ0v) is 18.6. The van der Waals surface area contributed by atoms with Gasteiger partial charge in [-0.15, -0.1) is 0 Å². The highest BCUT2D eigenvalue weighted by atomic mass is 16.5. The van der Waals surface area contributed by atoms with Crippen LogP contribution in [0.4, 0.5) is 0 Å². The first-order valence-electron chi connectivity index (χ1n) is 11.3. The molecular formula is C26H30N2O4. The van der Waals surface area contributed by atoms with E-state index >= 15 is 0 Å². The number of carbonyl (C=O) groups excluding carboxylic acids is 2. The second kappa shape index (κ2) is 9.57. The summed E-state index contributed by atoms with van der Waals surface area (Å²) >= 11 is 0. The largest absolute Gasteiger partial charge is 0.461 e. The number of hydrogen-bond acceptors (Lipinski definition) is 4. The highest BCUT2D eigenvalue weighted by Crippen LogP contribution is 2.55. The fraction of sp³-hybridized carbons (Fsp3) is 0.385. The Labute approximate surface area is 188 Å². The third kappa shape index (κ3) is 4.70. The summed E-state index contributed by atoms with van der Waals surface area (Å²) in [5.41, 5.74) is 9.12. The number of primary amides is 1. The number of nitrogens with one attached hydrogen (secondary N) is 1. The number of unbranched alkanes of at least 4 members (excludes halogenated alkanes) is 1. The van der Waals surface area contributed by atoms with E-state index in [-0.39, 0.29) is 12.5 Å². The molecule has 6 heteroatoms. The minimum absolute atomic E-state index is 0.0575. The lowest BCUT2D eigenvalue weighted by Crippen LogP contribution is -2.47. The van der Waals surface area contributed by atoms with Crippen LogP contribution < -0.4 is 11.1 Å². The van der Waals surface area contributed by atoms with E-state index < -0.39 is 11.9 Å². The highest BCUT2D eigenvalue weighted by molar-refractivity contribution is 6.08. The van der Waals surface area contributed by atoms with Gasteiger partial charge in [0.15, 0.2) is 0 Å². The van der Waals surface area contributed by atoms with Crippen molar-refractivity contribution in [3.63, 3.8) is 0 Å². The molecule has 4 rings (SSSR count). The van der Waals surface area contributed by atoms with E-state index in [0.717, 1.165) is 24.6 Å². The number of carbonyl (C=O) groups is 2. The van der Waals surface area contributed by atoms with Gasteiger partial charge in [-0.05, 0) is 54.9 Å². The molecule has 2 amide bonds. The number of fused-ring (bicyclic) bond motifs is 1. The molecule has 2 aromatic carbocycles. The zero-order valence-electron chi connectivity index (χ0n) is 18.6. The first-order chi connectivity index (χ1) is 15.5. The van der Waals surface area contributed by atoms with Crippen LogP contribution in [0.2, 0.25) is 0 Å². The predicted molar refractivity (Wildman–Crippen MR) is 124 cm³/mol. The molecule has 1 unspecified atom stereocenters. The van der Waals surface area contributed by atoms with Crippen molar-refractivity contribution in [3.8, 4) is 0 Å². The van der Waals surface area contributed by atoms with E-state index in [9.17, 15) is 9.59 Å². The molecule has 3 aromatic rings. The summed E-state index contributed by atoms with van der Waals surface area (Å²) in [6, 6.07) is 15.6. The van der Waals surface area contributed by atoms with Gasteiger partial charge in [0.25, 0.3) is 5.91 Å². The Balaban J connectivity index is 1.53. The Morgan fingerprint density at radius 2 is 1.91 bits per heavy atom. The monoisotopic (exact) mass is 434 g/mol. The van der Waals surface area contributed by atoms with Crippen LogP contribution in [-0.4, -0.2) is 31.1 Å². The first-order valence-corrected chi connectivity index (χ1v) is 11.3. The molecule has 1 saturated carbocycles. The number of ether oxygens (including phenoxy) is 1. The normalized spacial score (nSPS) is 18.4. The fourth-order valence-corrected chi connectivity index (χ4v) is 4.26. The van der Waals surface area contributed by atoms with Crippen molar-refractivity contribution in [2.75, 3.05) is 13.2 Å². The molecular weight excluding hydrogens is 404 g/mol. The molecule has 32 heavy (non-hydrogen) atoms. The van der Waals surface area contributed by atoms with E-state index in [1.165, 1.54) is 11.1 Å². The lowest BCUT2D eigenvalue weighted by Gasteiger charge is -2.15. The van der Waals surface area contributed by atoms with E-state index in [4.69, 9.17) is 14.9 Å². The Morgan fingerprint density at radius 1 is 1.16 bits per heavy atom. The number of benzene rings is 2. The average Bonchev–Trinajstić information content (AvgIpc) is 3.51. The van der Waals surface area contributed by atoms with Crippen molar-refractivity contribution < 1.29 is 18.7 Å². The van der Waals surface area contributed by atoms with Crippen LogP contribution in [0.15, 0.2) is 52.9 Å². The van der Waals surface area contributed by atoms with Gasteiger partial charge in [0.1, 0.15) is 17.4 Å².